The molecule has 5 nitrogen and oxygen atoms in total. The summed E-state index contributed by atoms with van der Waals surface area (Å²) in [4.78, 5) is 19.0. The lowest BCUT2D eigenvalue weighted by Gasteiger charge is -2.20. The molecule has 0 bridgehead atoms. The maximum absolute atomic E-state index is 12.8. The number of hydrogen-bond acceptors (Lipinski definition) is 4. The van der Waals surface area contributed by atoms with Crippen LogP contribution in [0, 0.1) is 0 Å². The van der Waals surface area contributed by atoms with E-state index in [0.717, 1.165) is 42.7 Å². The zero-order chi connectivity index (χ0) is 19.8. The zero-order valence-corrected chi connectivity index (χ0v) is 16.6. The number of rotatable bonds is 10. The third kappa shape index (κ3) is 5.59. The molecule has 0 spiro atoms. The smallest absolute Gasteiger partial charge is 0.247 e. The normalized spacial score (nSPS) is 13.5. The molecule has 1 fully saturated rings. The van der Waals surface area contributed by atoms with Crippen molar-refractivity contribution in [1.29, 1.82) is 0 Å². The fourth-order valence-electron chi connectivity index (χ4n) is 2.94. The van der Waals surface area contributed by atoms with Crippen LogP contribution in [0.25, 0.3) is 6.08 Å². The van der Waals surface area contributed by atoms with E-state index in [1.807, 2.05) is 47.4 Å². The SMILES string of the molecule is CCCCOc1ccc(/C=C/C(=O)N(Cc2ccccn2)C2CC2)cc1OC. The summed E-state index contributed by atoms with van der Waals surface area (Å²) in [6.07, 6.45) is 9.43. The highest BCUT2D eigenvalue weighted by atomic mass is 16.5. The molecule has 1 aliphatic carbocycles. The van der Waals surface area contributed by atoms with Gasteiger partial charge in [0.05, 0.1) is 26.0 Å². The van der Waals surface area contributed by atoms with Crippen molar-refractivity contribution in [3.05, 3.63) is 59.9 Å². The Balaban J connectivity index is 1.66. The first kappa shape index (κ1) is 19.9. The number of benzene rings is 1. The molecule has 5 heteroatoms. The molecule has 0 N–H and O–H groups in total. The van der Waals surface area contributed by atoms with Crippen LogP contribution in [0.2, 0.25) is 0 Å². The number of hydrogen-bond donors (Lipinski definition) is 0. The summed E-state index contributed by atoms with van der Waals surface area (Å²) < 4.78 is 11.2. The van der Waals surface area contributed by atoms with E-state index in [0.29, 0.717) is 24.9 Å². The van der Waals surface area contributed by atoms with Crippen molar-refractivity contribution in [1.82, 2.24) is 9.88 Å². The van der Waals surface area contributed by atoms with Crippen molar-refractivity contribution >= 4 is 12.0 Å². The van der Waals surface area contributed by atoms with Gasteiger partial charge in [-0.25, -0.2) is 0 Å². The van der Waals surface area contributed by atoms with Crippen LogP contribution in [0.1, 0.15) is 43.9 Å². The largest absolute Gasteiger partial charge is 0.493 e. The Kier molecular flexibility index (Phi) is 7.06. The number of carbonyl (C=O) groups is 1. The molecule has 0 unspecified atom stereocenters. The monoisotopic (exact) mass is 380 g/mol. The van der Waals surface area contributed by atoms with Gasteiger partial charge in [0.15, 0.2) is 11.5 Å². The summed E-state index contributed by atoms with van der Waals surface area (Å²) in [6, 6.07) is 11.8. The maximum Gasteiger partial charge on any atom is 0.247 e. The van der Waals surface area contributed by atoms with Gasteiger partial charge < -0.3 is 14.4 Å². The zero-order valence-electron chi connectivity index (χ0n) is 16.6. The first-order chi connectivity index (χ1) is 13.7. The number of ether oxygens (including phenoxy) is 2. The van der Waals surface area contributed by atoms with Gasteiger partial charge in [0.25, 0.3) is 0 Å². The minimum absolute atomic E-state index is 0.00962. The van der Waals surface area contributed by atoms with E-state index in [4.69, 9.17) is 9.47 Å². The maximum atomic E-state index is 12.8. The minimum Gasteiger partial charge on any atom is -0.493 e. The molecule has 28 heavy (non-hydrogen) atoms. The molecule has 1 aliphatic rings. The van der Waals surface area contributed by atoms with Crippen LogP contribution in [-0.4, -0.2) is 35.5 Å². The quantitative estimate of drug-likeness (QED) is 0.451. The predicted molar refractivity (Wildman–Crippen MR) is 110 cm³/mol. The molecule has 1 saturated carbocycles. The van der Waals surface area contributed by atoms with E-state index < -0.39 is 0 Å². The highest BCUT2D eigenvalue weighted by Gasteiger charge is 2.31. The fraction of sp³-hybridized carbons (Fsp3) is 0.391. The van der Waals surface area contributed by atoms with Gasteiger partial charge in [-0.3, -0.25) is 9.78 Å². The molecular formula is C23H28N2O3. The van der Waals surface area contributed by atoms with E-state index in [9.17, 15) is 4.79 Å². The third-order valence-corrected chi connectivity index (χ3v) is 4.69. The van der Waals surface area contributed by atoms with Crippen LogP contribution in [0.4, 0.5) is 0 Å². The van der Waals surface area contributed by atoms with Gasteiger partial charge in [-0.15, -0.1) is 0 Å². The van der Waals surface area contributed by atoms with Crippen LogP contribution in [0.15, 0.2) is 48.7 Å². The molecule has 1 amide bonds. The Morgan fingerprint density at radius 1 is 1.25 bits per heavy atom. The Morgan fingerprint density at radius 2 is 2.11 bits per heavy atom. The molecular weight excluding hydrogens is 352 g/mol. The number of amides is 1. The summed E-state index contributed by atoms with van der Waals surface area (Å²) in [7, 11) is 1.63. The molecule has 148 valence electrons. The highest BCUT2D eigenvalue weighted by molar-refractivity contribution is 5.92. The molecule has 3 rings (SSSR count). The average molecular weight is 380 g/mol. The average Bonchev–Trinajstić information content (AvgIpc) is 3.57. The summed E-state index contributed by atoms with van der Waals surface area (Å²) in [5.41, 5.74) is 1.81. The molecule has 0 radical (unpaired) electrons. The lowest BCUT2D eigenvalue weighted by molar-refractivity contribution is -0.127. The summed E-state index contributed by atoms with van der Waals surface area (Å²) in [5.74, 6) is 1.42. The standard InChI is InChI=1S/C23H28N2O3/c1-3-4-15-28-21-12-8-18(16-22(21)27-2)9-13-23(26)25(20-10-11-20)17-19-7-5-6-14-24-19/h5-9,12-14,16,20H,3-4,10-11,15,17H2,1-2H3/b13-9+. The van der Waals surface area contributed by atoms with E-state index >= 15 is 0 Å². The van der Waals surface area contributed by atoms with E-state index in [-0.39, 0.29) is 5.91 Å². The van der Waals surface area contributed by atoms with Crippen molar-refractivity contribution in [3.63, 3.8) is 0 Å². The van der Waals surface area contributed by atoms with E-state index in [1.165, 1.54) is 0 Å². The first-order valence-electron chi connectivity index (χ1n) is 9.90. The summed E-state index contributed by atoms with van der Waals surface area (Å²) >= 11 is 0. The Hall–Kier alpha value is -2.82. The minimum atomic E-state index is 0.00962. The second-order valence-electron chi connectivity index (χ2n) is 6.96. The van der Waals surface area contributed by atoms with Crippen LogP contribution >= 0.6 is 0 Å². The second kappa shape index (κ2) is 9.93. The lowest BCUT2D eigenvalue weighted by atomic mass is 10.2. The van der Waals surface area contributed by atoms with E-state index in [1.54, 1.807) is 19.4 Å². The Labute approximate surface area is 167 Å². The van der Waals surface area contributed by atoms with Gasteiger partial charge in [0.1, 0.15) is 0 Å². The second-order valence-corrected chi connectivity index (χ2v) is 6.96. The molecule has 0 atom stereocenters. The van der Waals surface area contributed by atoms with Gasteiger partial charge in [0.2, 0.25) is 5.91 Å². The van der Waals surface area contributed by atoms with Crippen molar-refractivity contribution in [2.24, 2.45) is 0 Å². The summed E-state index contributed by atoms with van der Waals surface area (Å²) in [6.45, 7) is 3.34. The lowest BCUT2D eigenvalue weighted by Crippen LogP contribution is -2.31. The summed E-state index contributed by atoms with van der Waals surface area (Å²) in [5, 5.41) is 0. The number of nitrogens with zero attached hydrogens (tertiary/aromatic N) is 2. The van der Waals surface area contributed by atoms with Crippen molar-refractivity contribution in [2.75, 3.05) is 13.7 Å². The Bertz CT molecular complexity index is 801. The molecule has 1 aromatic heterocycles. The number of pyridine rings is 1. The number of methoxy groups -OCH3 is 1. The number of aromatic nitrogens is 1. The molecule has 1 aromatic carbocycles. The highest BCUT2D eigenvalue weighted by Crippen LogP contribution is 2.30. The van der Waals surface area contributed by atoms with Gasteiger partial charge in [-0.05, 0) is 55.2 Å². The van der Waals surface area contributed by atoms with Crippen molar-refractivity contribution in [3.8, 4) is 11.5 Å². The molecule has 0 aliphatic heterocycles. The van der Waals surface area contributed by atoms with Crippen LogP contribution in [0.3, 0.4) is 0 Å². The first-order valence-corrected chi connectivity index (χ1v) is 9.90. The van der Waals surface area contributed by atoms with Crippen LogP contribution in [0.5, 0.6) is 11.5 Å². The van der Waals surface area contributed by atoms with E-state index in [2.05, 4.69) is 11.9 Å². The van der Waals surface area contributed by atoms with Gasteiger partial charge in [-0.2, -0.15) is 0 Å². The number of unbranched alkanes of at least 4 members (excludes halogenated alkanes) is 1. The van der Waals surface area contributed by atoms with Gasteiger partial charge in [0, 0.05) is 18.3 Å². The molecule has 2 aromatic rings. The molecule has 1 heterocycles. The fourth-order valence-corrected chi connectivity index (χ4v) is 2.94. The Morgan fingerprint density at radius 3 is 2.79 bits per heavy atom. The predicted octanol–water partition coefficient (Wildman–Crippen LogP) is 4.47. The molecule has 0 saturated heterocycles. The third-order valence-electron chi connectivity index (χ3n) is 4.69. The van der Waals surface area contributed by atoms with Gasteiger partial charge in [-0.1, -0.05) is 25.5 Å². The number of carbonyl (C=O) groups excluding carboxylic acids is 1. The van der Waals surface area contributed by atoms with Crippen molar-refractivity contribution in [2.45, 2.75) is 45.2 Å². The van der Waals surface area contributed by atoms with Crippen LogP contribution < -0.4 is 9.47 Å². The van der Waals surface area contributed by atoms with Crippen molar-refractivity contribution < 1.29 is 14.3 Å². The van der Waals surface area contributed by atoms with Gasteiger partial charge >= 0.3 is 0 Å². The topological polar surface area (TPSA) is 51.7 Å². The van der Waals surface area contributed by atoms with Crippen LogP contribution in [-0.2, 0) is 11.3 Å².